The third-order valence-electron chi connectivity index (χ3n) is 5.90. The summed E-state index contributed by atoms with van der Waals surface area (Å²) in [5.41, 5.74) is 3.43. The predicted molar refractivity (Wildman–Crippen MR) is 136 cm³/mol. The second-order valence-corrected chi connectivity index (χ2v) is 9.20. The fourth-order valence-corrected chi connectivity index (χ4v) is 5.85. The van der Waals surface area contributed by atoms with Crippen LogP contribution < -0.4 is 0 Å². The highest BCUT2D eigenvalue weighted by Crippen LogP contribution is 2.40. The third kappa shape index (κ3) is 2.86. The summed E-state index contributed by atoms with van der Waals surface area (Å²) in [4.78, 5) is 13.9. The fourth-order valence-electron chi connectivity index (χ4n) is 4.48. The van der Waals surface area contributed by atoms with E-state index in [0.717, 1.165) is 37.8 Å². The van der Waals surface area contributed by atoms with Gasteiger partial charge in [-0.3, -0.25) is 0 Å². The zero-order valence-electron chi connectivity index (χ0n) is 17.1. The number of halogens is 1. The summed E-state index contributed by atoms with van der Waals surface area (Å²) >= 11 is 8.18. The molecule has 33 heavy (non-hydrogen) atoms. The number of hydrogen-bond acceptors (Lipinski definition) is 5. The second-order valence-electron chi connectivity index (χ2n) is 7.81. The SMILES string of the molecule is Clc1nc(-c2cccc3c2sc2ccccc23)nc(-c2cccc3oc4ccccc4c23)n1. The molecule has 0 N–H and O–H groups in total. The van der Waals surface area contributed by atoms with E-state index in [1.807, 2.05) is 54.6 Å². The van der Waals surface area contributed by atoms with E-state index in [4.69, 9.17) is 21.0 Å². The lowest BCUT2D eigenvalue weighted by Crippen LogP contribution is -1.97. The van der Waals surface area contributed by atoms with Gasteiger partial charge in [0.1, 0.15) is 11.2 Å². The van der Waals surface area contributed by atoms with Crippen molar-refractivity contribution in [3.05, 3.63) is 90.2 Å². The molecule has 0 bridgehead atoms. The minimum atomic E-state index is 0.165. The van der Waals surface area contributed by atoms with Gasteiger partial charge in [0, 0.05) is 42.1 Å². The smallest absolute Gasteiger partial charge is 0.226 e. The van der Waals surface area contributed by atoms with Crippen LogP contribution in [0, 0.1) is 0 Å². The van der Waals surface area contributed by atoms with Crippen LogP contribution in [0.25, 0.3) is 64.9 Å². The van der Waals surface area contributed by atoms with E-state index in [1.54, 1.807) is 11.3 Å². The molecule has 0 saturated heterocycles. The molecule has 0 atom stereocenters. The van der Waals surface area contributed by atoms with Gasteiger partial charge in [-0.15, -0.1) is 11.3 Å². The molecule has 3 heterocycles. The molecule has 4 nitrogen and oxygen atoms in total. The molecule has 0 aliphatic rings. The van der Waals surface area contributed by atoms with Gasteiger partial charge in [-0.05, 0) is 35.9 Å². The van der Waals surface area contributed by atoms with Crippen molar-refractivity contribution in [1.29, 1.82) is 0 Å². The lowest BCUT2D eigenvalue weighted by atomic mass is 10.1. The molecule has 0 amide bonds. The van der Waals surface area contributed by atoms with Gasteiger partial charge in [0.05, 0.1) is 0 Å². The van der Waals surface area contributed by atoms with Crippen LogP contribution in [0.1, 0.15) is 0 Å². The van der Waals surface area contributed by atoms with Gasteiger partial charge < -0.3 is 4.42 Å². The van der Waals surface area contributed by atoms with Crippen molar-refractivity contribution in [3.63, 3.8) is 0 Å². The molecule has 156 valence electrons. The zero-order chi connectivity index (χ0) is 21.9. The summed E-state index contributed by atoms with van der Waals surface area (Å²) in [5, 5.41) is 4.58. The van der Waals surface area contributed by atoms with Crippen LogP contribution in [-0.2, 0) is 0 Å². The highest BCUT2D eigenvalue weighted by molar-refractivity contribution is 7.26. The van der Waals surface area contributed by atoms with Crippen LogP contribution in [-0.4, -0.2) is 15.0 Å². The van der Waals surface area contributed by atoms with Crippen molar-refractivity contribution in [1.82, 2.24) is 15.0 Å². The summed E-state index contributed by atoms with van der Waals surface area (Å²) < 4.78 is 8.42. The average molecular weight is 464 g/mol. The number of furan rings is 1. The number of nitrogens with zero attached hydrogens (tertiary/aromatic N) is 3. The van der Waals surface area contributed by atoms with Crippen molar-refractivity contribution < 1.29 is 4.42 Å². The molecule has 0 fully saturated rings. The topological polar surface area (TPSA) is 51.8 Å². The molecule has 3 aromatic heterocycles. The third-order valence-corrected chi connectivity index (χ3v) is 7.29. The summed E-state index contributed by atoms with van der Waals surface area (Å²) in [7, 11) is 0. The lowest BCUT2D eigenvalue weighted by Gasteiger charge is -2.07. The van der Waals surface area contributed by atoms with Gasteiger partial charge >= 0.3 is 0 Å². The predicted octanol–water partition coefficient (Wildman–Crippen LogP) is 8.13. The number of aromatic nitrogens is 3. The fraction of sp³-hybridized carbons (Fsp3) is 0. The van der Waals surface area contributed by atoms with E-state index >= 15 is 0 Å². The maximum absolute atomic E-state index is 6.44. The number of hydrogen-bond donors (Lipinski definition) is 0. The molecule has 0 saturated carbocycles. The average Bonchev–Trinajstić information content (AvgIpc) is 3.42. The number of thiophene rings is 1. The molecular weight excluding hydrogens is 450 g/mol. The van der Waals surface area contributed by atoms with E-state index in [1.165, 1.54) is 15.5 Å². The number of rotatable bonds is 2. The summed E-state index contributed by atoms with van der Waals surface area (Å²) in [6, 6.07) is 28.5. The summed E-state index contributed by atoms with van der Waals surface area (Å²) in [6.45, 7) is 0. The molecule has 6 heteroatoms. The first-order chi connectivity index (χ1) is 16.3. The maximum Gasteiger partial charge on any atom is 0.226 e. The van der Waals surface area contributed by atoms with Crippen LogP contribution >= 0.6 is 22.9 Å². The van der Waals surface area contributed by atoms with Crippen molar-refractivity contribution in [2.45, 2.75) is 0 Å². The molecule has 0 unspecified atom stereocenters. The van der Waals surface area contributed by atoms with Gasteiger partial charge in [0.25, 0.3) is 0 Å². The first-order valence-corrected chi connectivity index (χ1v) is 11.7. The number of fused-ring (bicyclic) bond motifs is 6. The summed E-state index contributed by atoms with van der Waals surface area (Å²) in [6.07, 6.45) is 0. The Morgan fingerprint density at radius 1 is 0.606 bits per heavy atom. The quantitative estimate of drug-likeness (QED) is 0.259. The minimum Gasteiger partial charge on any atom is -0.456 e. The largest absolute Gasteiger partial charge is 0.456 e. The van der Waals surface area contributed by atoms with Crippen LogP contribution in [0.3, 0.4) is 0 Å². The number of benzene rings is 4. The summed E-state index contributed by atoms with van der Waals surface area (Å²) in [5.74, 6) is 1.09. The van der Waals surface area contributed by atoms with Crippen LogP contribution in [0.15, 0.2) is 89.3 Å². The van der Waals surface area contributed by atoms with E-state index in [-0.39, 0.29) is 5.28 Å². The van der Waals surface area contributed by atoms with Crippen molar-refractivity contribution in [2.75, 3.05) is 0 Å². The monoisotopic (exact) mass is 463 g/mol. The normalized spacial score (nSPS) is 11.8. The van der Waals surface area contributed by atoms with Gasteiger partial charge in [0.15, 0.2) is 11.6 Å². The van der Waals surface area contributed by atoms with Gasteiger partial charge in [-0.2, -0.15) is 9.97 Å². The number of para-hydroxylation sites is 1. The Morgan fingerprint density at radius 2 is 1.27 bits per heavy atom. The molecular formula is C27H14ClN3OS. The second kappa shape index (κ2) is 7.10. The van der Waals surface area contributed by atoms with Crippen molar-refractivity contribution in [3.8, 4) is 22.8 Å². The van der Waals surface area contributed by atoms with Gasteiger partial charge in [0.2, 0.25) is 5.28 Å². The Labute approximate surface area is 197 Å². The Kier molecular flexibility index (Phi) is 4.03. The molecule has 0 spiro atoms. The molecule has 0 radical (unpaired) electrons. The van der Waals surface area contributed by atoms with Gasteiger partial charge in [-0.1, -0.05) is 60.7 Å². The highest BCUT2D eigenvalue weighted by atomic mass is 35.5. The van der Waals surface area contributed by atoms with E-state index in [0.29, 0.717) is 11.6 Å². The van der Waals surface area contributed by atoms with Crippen molar-refractivity contribution >= 4 is 65.0 Å². The van der Waals surface area contributed by atoms with Crippen molar-refractivity contribution in [2.24, 2.45) is 0 Å². The maximum atomic E-state index is 6.44. The molecule has 4 aromatic carbocycles. The lowest BCUT2D eigenvalue weighted by molar-refractivity contribution is 0.669. The van der Waals surface area contributed by atoms with Crippen LogP contribution in [0.5, 0.6) is 0 Å². The van der Waals surface area contributed by atoms with Crippen LogP contribution in [0.2, 0.25) is 5.28 Å². The van der Waals surface area contributed by atoms with Crippen LogP contribution in [0.4, 0.5) is 0 Å². The molecule has 0 aliphatic carbocycles. The molecule has 0 aliphatic heterocycles. The standard InChI is InChI=1S/C27H14ClN3OS/c28-27-30-25(18-10-6-13-21-23(18)17-8-1-3-12-20(17)32-21)29-26(31-27)19-11-5-9-16-15-7-2-4-14-22(15)33-24(16)19/h1-14H. The van der Waals surface area contributed by atoms with E-state index < -0.39 is 0 Å². The van der Waals surface area contributed by atoms with E-state index in [2.05, 4.69) is 40.3 Å². The first-order valence-electron chi connectivity index (χ1n) is 10.5. The Hall–Kier alpha value is -3.80. The Balaban J connectivity index is 1.50. The minimum absolute atomic E-state index is 0.165. The first kappa shape index (κ1) is 18.7. The Bertz CT molecular complexity index is 1850. The van der Waals surface area contributed by atoms with E-state index in [9.17, 15) is 0 Å². The Morgan fingerprint density at radius 3 is 2.18 bits per heavy atom. The zero-order valence-corrected chi connectivity index (χ0v) is 18.7. The molecule has 7 aromatic rings. The highest BCUT2D eigenvalue weighted by Gasteiger charge is 2.18. The van der Waals surface area contributed by atoms with Gasteiger partial charge in [-0.25, -0.2) is 4.98 Å². The molecule has 7 rings (SSSR count).